The monoisotopic (exact) mass is 292 g/mol. The van der Waals surface area contributed by atoms with Crippen LogP contribution in [-0.4, -0.2) is 4.98 Å². The van der Waals surface area contributed by atoms with Gasteiger partial charge in [-0.2, -0.15) is 22.5 Å². The number of nitrogens with zero attached hydrogens (tertiary/aromatic N) is 1. The van der Waals surface area contributed by atoms with Crippen LogP contribution >= 0.6 is 0 Å². The summed E-state index contributed by atoms with van der Waals surface area (Å²) in [5.41, 5.74) is -0.944. The Hall–Kier alpha value is -2.25. The molecule has 0 aliphatic carbocycles. The molecular formula is C12H6F6N2. The van der Waals surface area contributed by atoms with Crippen molar-refractivity contribution in [3.8, 4) is 0 Å². The quantitative estimate of drug-likeness (QED) is 0.691. The van der Waals surface area contributed by atoms with Gasteiger partial charge in [-0.25, -0.2) is 8.78 Å². The van der Waals surface area contributed by atoms with Gasteiger partial charge in [-0.15, -0.1) is 0 Å². The average molecular weight is 292 g/mol. The second-order valence-corrected chi connectivity index (χ2v) is 3.80. The van der Waals surface area contributed by atoms with Crippen LogP contribution in [0.2, 0.25) is 0 Å². The predicted octanol–water partition coefficient (Wildman–Crippen LogP) is 3.53. The maximum absolute atomic E-state index is 13.2. The molecule has 2 rings (SSSR count). The minimum Gasteiger partial charge on any atom is -0.376 e. The van der Waals surface area contributed by atoms with Crippen LogP contribution in [0.4, 0.5) is 32.0 Å². The topological polar surface area (TPSA) is 24.9 Å². The van der Waals surface area contributed by atoms with Gasteiger partial charge in [0.15, 0.2) is 11.6 Å². The molecule has 2 aromatic rings. The van der Waals surface area contributed by atoms with E-state index in [4.69, 9.17) is 0 Å². The van der Waals surface area contributed by atoms with Crippen molar-refractivity contribution in [3.63, 3.8) is 0 Å². The Kier molecular flexibility index (Phi) is 3.82. The molecule has 8 heteroatoms. The largest absolute Gasteiger partial charge is 0.376 e. The van der Waals surface area contributed by atoms with Gasteiger partial charge in [-0.3, -0.25) is 0 Å². The molecule has 0 atom stereocenters. The fraction of sp³-hybridized carbons (Fsp3) is 0.0833. The Morgan fingerprint density at radius 3 is 2.00 bits per heavy atom. The average Bonchev–Trinajstić information content (AvgIpc) is 2.40. The highest BCUT2D eigenvalue weighted by molar-refractivity contribution is 5.45. The van der Waals surface area contributed by atoms with E-state index >= 15 is 0 Å². The van der Waals surface area contributed by atoms with E-state index in [1.165, 1.54) is 0 Å². The van der Waals surface area contributed by atoms with Gasteiger partial charge in [0, 0.05) is 6.54 Å². The van der Waals surface area contributed by atoms with Crippen LogP contribution in [0.5, 0.6) is 0 Å². The Labute approximate surface area is 109 Å². The predicted molar refractivity (Wildman–Crippen MR) is 57.8 cm³/mol. The van der Waals surface area contributed by atoms with Gasteiger partial charge in [-0.1, -0.05) is 6.07 Å². The summed E-state index contributed by atoms with van der Waals surface area (Å²) < 4.78 is 77.7. The Morgan fingerprint density at radius 2 is 1.45 bits per heavy atom. The molecule has 0 aliphatic rings. The van der Waals surface area contributed by atoms with Gasteiger partial charge in [0.2, 0.25) is 11.6 Å². The minimum absolute atomic E-state index is 0.125. The summed E-state index contributed by atoms with van der Waals surface area (Å²) in [7, 11) is 0. The van der Waals surface area contributed by atoms with E-state index < -0.39 is 40.9 Å². The van der Waals surface area contributed by atoms with Crippen LogP contribution in [0.15, 0.2) is 18.2 Å². The van der Waals surface area contributed by atoms with Crippen LogP contribution in [-0.2, 0) is 6.54 Å². The molecule has 1 heterocycles. The van der Waals surface area contributed by atoms with Crippen molar-refractivity contribution in [2.75, 3.05) is 5.32 Å². The molecule has 0 saturated carbocycles. The van der Waals surface area contributed by atoms with Crippen LogP contribution in [0.25, 0.3) is 0 Å². The highest BCUT2D eigenvalue weighted by Crippen LogP contribution is 2.22. The highest BCUT2D eigenvalue weighted by Gasteiger charge is 2.20. The van der Waals surface area contributed by atoms with Crippen LogP contribution in [0, 0.1) is 35.2 Å². The molecular weight excluding hydrogens is 286 g/mol. The Morgan fingerprint density at radius 1 is 0.850 bits per heavy atom. The standard InChI is InChI=1S/C12H6F6N2/c13-6-2-1-5(3-7(6)14)4-19-10-8(15)11(17)20-12(18)9(10)16/h1-3H,4H2,(H,19,20). The van der Waals surface area contributed by atoms with E-state index in [0.717, 1.165) is 18.2 Å². The van der Waals surface area contributed by atoms with Crippen molar-refractivity contribution in [3.05, 3.63) is 58.9 Å². The third-order valence-corrected chi connectivity index (χ3v) is 2.45. The van der Waals surface area contributed by atoms with Crippen molar-refractivity contribution < 1.29 is 26.3 Å². The molecule has 106 valence electrons. The molecule has 0 unspecified atom stereocenters. The molecule has 1 aromatic heterocycles. The first-order chi connectivity index (χ1) is 9.40. The fourth-order valence-corrected chi connectivity index (χ4v) is 1.48. The molecule has 0 bridgehead atoms. The maximum Gasteiger partial charge on any atom is 0.253 e. The molecule has 1 N–H and O–H groups in total. The lowest BCUT2D eigenvalue weighted by atomic mass is 10.2. The minimum atomic E-state index is -1.81. The van der Waals surface area contributed by atoms with Crippen LogP contribution < -0.4 is 5.32 Å². The molecule has 1 aromatic carbocycles. The summed E-state index contributed by atoms with van der Waals surface area (Å²) in [4.78, 5) is 2.38. The lowest BCUT2D eigenvalue weighted by Crippen LogP contribution is -2.09. The number of benzene rings is 1. The van der Waals surface area contributed by atoms with Crippen molar-refractivity contribution in [1.29, 1.82) is 0 Å². The molecule has 0 fully saturated rings. The van der Waals surface area contributed by atoms with E-state index in [1.807, 2.05) is 0 Å². The van der Waals surface area contributed by atoms with E-state index in [-0.39, 0.29) is 12.1 Å². The number of halogens is 6. The highest BCUT2D eigenvalue weighted by atomic mass is 19.2. The molecule has 0 spiro atoms. The SMILES string of the molecule is Fc1ccc(CNc2c(F)c(F)nc(F)c2F)cc1F. The number of anilines is 1. The zero-order chi connectivity index (χ0) is 14.9. The molecule has 0 aliphatic heterocycles. The normalized spacial score (nSPS) is 10.7. The summed E-state index contributed by atoms with van der Waals surface area (Å²) in [6.45, 7) is -0.367. The summed E-state index contributed by atoms with van der Waals surface area (Å²) in [6.07, 6.45) is 0. The van der Waals surface area contributed by atoms with Crippen LogP contribution in [0.3, 0.4) is 0 Å². The summed E-state index contributed by atoms with van der Waals surface area (Å²) in [5, 5.41) is 2.07. The maximum atomic E-state index is 13.2. The molecule has 0 saturated heterocycles. The number of aromatic nitrogens is 1. The first-order valence-electron chi connectivity index (χ1n) is 5.28. The molecule has 0 radical (unpaired) electrons. The Bertz CT molecular complexity index is 633. The smallest absolute Gasteiger partial charge is 0.253 e. The lowest BCUT2D eigenvalue weighted by molar-refractivity contribution is 0.410. The van der Waals surface area contributed by atoms with Gasteiger partial charge in [0.1, 0.15) is 5.69 Å². The molecule has 0 amide bonds. The summed E-state index contributed by atoms with van der Waals surface area (Å²) in [6, 6.07) is 2.74. The second kappa shape index (κ2) is 5.40. The second-order valence-electron chi connectivity index (χ2n) is 3.80. The third kappa shape index (κ3) is 2.68. The van der Waals surface area contributed by atoms with Crippen molar-refractivity contribution >= 4 is 5.69 Å². The van der Waals surface area contributed by atoms with E-state index in [9.17, 15) is 26.3 Å². The Balaban J connectivity index is 2.25. The molecule has 2 nitrogen and oxygen atoms in total. The van der Waals surface area contributed by atoms with E-state index in [1.54, 1.807) is 0 Å². The first kappa shape index (κ1) is 14.2. The van der Waals surface area contributed by atoms with Crippen molar-refractivity contribution in [1.82, 2.24) is 4.98 Å². The number of nitrogens with one attached hydrogen (secondary N) is 1. The number of rotatable bonds is 3. The van der Waals surface area contributed by atoms with Crippen molar-refractivity contribution in [2.45, 2.75) is 6.54 Å². The summed E-state index contributed by atoms with van der Waals surface area (Å²) in [5.74, 6) is -9.27. The van der Waals surface area contributed by atoms with Crippen LogP contribution in [0.1, 0.15) is 5.56 Å². The zero-order valence-corrected chi connectivity index (χ0v) is 9.65. The van der Waals surface area contributed by atoms with E-state index in [2.05, 4.69) is 10.3 Å². The molecule has 20 heavy (non-hydrogen) atoms. The van der Waals surface area contributed by atoms with Gasteiger partial charge >= 0.3 is 0 Å². The summed E-state index contributed by atoms with van der Waals surface area (Å²) >= 11 is 0. The number of hydrogen-bond acceptors (Lipinski definition) is 2. The van der Waals surface area contributed by atoms with Gasteiger partial charge in [-0.05, 0) is 17.7 Å². The fourth-order valence-electron chi connectivity index (χ4n) is 1.48. The van der Waals surface area contributed by atoms with E-state index in [0.29, 0.717) is 0 Å². The first-order valence-corrected chi connectivity index (χ1v) is 5.28. The zero-order valence-electron chi connectivity index (χ0n) is 9.65. The van der Waals surface area contributed by atoms with Crippen molar-refractivity contribution in [2.24, 2.45) is 0 Å². The van der Waals surface area contributed by atoms with Gasteiger partial charge < -0.3 is 5.32 Å². The third-order valence-electron chi connectivity index (χ3n) is 2.45. The van der Waals surface area contributed by atoms with Gasteiger partial charge in [0.05, 0.1) is 0 Å². The number of pyridine rings is 1. The van der Waals surface area contributed by atoms with Gasteiger partial charge in [0.25, 0.3) is 11.9 Å². The number of hydrogen-bond donors (Lipinski definition) is 1. The lowest BCUT2D eigenvalue weighted by Gasteiger charge is -2.09.